The number of pyridine rings is 1. The average Bonchev–Trinajstić information content (AvgIpc) is 3.41. The van der Waals surface area contributed by atoms with Gasteiger partial charge < -0.3 is 14.7 Å². The van der Waals surface area contributed by atoms with Crippen molar-refractivity contribution in [2.45, 2.75) is 17.7 Å². The number of benzene rings is 1. The van der Waals surface area contributed by atoms with Crippen LogP contribution in [0.3, 0.4) is 0 Å². The fraction of sp³-hybridized carbons (Fsp3) is 0.300. The van der Waals surface area contributed by atoms with E-state index in [1.807, 2.05) is 0 Å². The number of ether oxygens (including phenoxy) is 1. The number of allylic oxidation sites excluding steroid dienone is 1. The maximum atomic E-state index is 13.0. The van der Waals surface area contributed by atoms with E-state index in [1.165, 1.54) is 37.1 Å². The van der Waals surface area contributed by atoms with E-state index >= 15 is 0 Å². The van der Waals surface area contributed by atoms with Crippen LogP contribution in [0.25, 0.3) is 21.8 Å². The third kappa shape index (κ3) is 2.95. The second-order valence-electron chi connectivity index (χ2n) is 7.63. The Labute approximate surface area is 171 Å². The standard InChI is InChI=1S/C20H20N4O5S/c1-29-20(26)15-8-21-18-17(15)14-7-13(5-6-16(14)22-19(18)25)30(27,28)23-24-9-11-3-2-4-12(11)10-24/h3,5-8,12,21,23H,2,4,9-10H2,1H3,(H,22,25). The van der Waals surface area contributed by atoms with Gasteiger partial charge in [0.1, 0.15) is 5.52 Å². The van der Waals surface area contributed by atoms with E-state index in [1.54, 1.807) is 5.01 Å². The van der Waals surface area contributed by atoms with Crippen LogP contribution in [0.15, 0.2) is 45.7 Å². The Morgan fingerprint density at radius 1 is 1.33 bits per heavy atom. The Hall–Kier alpha value is -2.95. The third-order valence-electron chi connectivity index (χ3n) is 5.84. The largest absolute Gasteiger partial charge is 0.465 e. The number of carbonyl (C=O) groups excluding carboxylic acids is 1. The maximum absolute atomic E-state index is 13.0. The summed E-state index contributed by atoms with van der Waals surface area (Å²) in [4.78, 5) is 32.7. The van der Waals surface area contributed by atoms with Crippen molar-refractivity contribution >= 4 is 37.8 Å². The molecule has 1 aliphatic carbocycles. The molecule has 0 radical (unpaired) electrons. The van der Waals surface area contributed by atoms with Crippen molar-refractivity contribution in [3.8, 4) is 0 Å². The number of H-pyrrole nitrogens is 2. The molecule has 30 heavy (non-hydrogen) atoms. The van der Waals surface area contributed by atoms with Gasteiger partial charge in [0.15, 0.2) is 0 Å². The molecule has 3 aromatic rings. The van der Waals surface area contributed by atoms with Crippen LogP contribution in [-0.4, -0.2) is 49.6 Å². The maximum Gasteiger partial charge on any atom is 0.340 e. The summed E-state index contributed by atoms with van der Waals surface area (Å²) in [6, 6.07) is 4.43. The van der Waals surface area contributed by atoms with E-state index in [4.69, 9.17) is 4.74 Å². The zero-order valence-electron chi connectivity index (χ0n) is 16.2. The molecule has 0 bridgehead atoms. The summed E-state index contributed by atoms with van der Waals surface area (Å²) in [6.45, 7) is 1.24. The number of nitrogens with zero attached hydrogens (tertiary/aromatic N) is 1. The SMILES string of the molecule is COC(=O)c1c[nH]c2c(=O)[nH]c3ccc(S(=O)(=O)NN4CC5=CCCC5C4)cc3c12. The monoisotopic (exact) mass is 428 g/mol. The number of hydrogen-bond donors (Lipinski definition) is 3. The number of aromatic amines is 2. The number of carbonyl (C=O) groups is 1. The highest BCUT2D eigenvalue weighted by Gasteiger charge is 2.32. The summed E-state index contributed by atoms with van der Waals surface area (Å²) in [7, 11) is -2.59. The smallest absolute Gasteiger partial charge is 0.340 e. The molecule has 1 aliphatic heterocycles. The molecule has 0 saturated carbocycles. The Morgan fingerprint density at radius 3 is 2.93 bits per heavy atom. The van der Waals surface area contributed by atoms with Crippen molar-refractivity contribution in [3.63, 3.8) is 0 Å². The van der Waals surface area contributed by atoms with Gasteiger partial charge in [0.2, 0.25) is 0 Å². The van der Waals surface area contributed by atoms with Crippen LogP contribution in [-0.2, 0) is 14.8 Å². The fourth-order valence-electron chi connectivity index (χ4n) is 4.41. The Balaban J connectivity index is 1.59. The van der Waals surface area contributed by atoms with Crippen LogP contribution in [0.4, 0.5) is 0 Å². The summed E-state index contributed by atoms with van der Waals surface area (Å²) in [5.41, 5.74) is 1.66. The lowest BCUT2D eigenvalue weighted by Crippen LogP contribution is -2.40. The summed E-state index contributed by atoms with van der Waals surface area (Å²) < 4.78 is 30.8. The molecule has 1 fully saturated rings. The van der Waals surface area contributed by atoms with E-state index < -0.39 is 21.6 Å². The highest BCUT2D eigenvalue weighted by Crippen LogP contribution is 2.32. The lowest BCUT2D eigenvalue weighted by atomic mass is 10.1. The van der Waals surface area contributed by atoms with Crippen molar-refractivity contribution in [1.29, 1.82) is 0 Å². The van der Waals surface area contributed by atoms with Crippen molar-refractivity contribution in [1.82, 2.24) is 19.8 Å². The van der Waals surface area contributed by atoms with Gasteiger partial charge in [0.25, 0.3) is 15.6 Å². The summed E-state index contributed by atoms with van der Waals surface area (Å²) in [5, 5.41) is 2.49. The van der Waals surface area contributed by atoms with E-state index in [-0.39, 0.29) is 16.0 Å². The van der Waals surface area contributed by atoms with Crippen LogP contribution in [0.2, 0.25) is 0 Å². The second kappa shape index (κ2) is 6.79. The molecule has 2 aliphatic rings. The molecule has 3 N–H and O–H groups in total. The van der Waals surface area contributed by atoms with Crippen LogP contribution < -0.4 is 10.4 Å². The first-order chi connectivity index (χ1) is 14.4. The number of fused-ring (bicyclic) bond motifs is 4. The van der Waals surface area contributed by atoms with E-state index in [0.29, 0.717) is 35.3 Å². The number of sulfonamides is 1. The van der Waals surface area contributed by atoms with Crippen molar-refractivity contribution in [2.24, 2.45) is 5.92 Å². The number of hydrazine groups is 1. The molecule has 3 heterocycles. The van der Waals surface area contributed by atoms with Crippen molar-refractivity contribution < 1.29 is 17.9 Å². The van der Waals surface area contributed by atoms with E-state index in [2.05, 4.69) is 20.9 Å². The highest BCUT2D eigenvalue weighted by atomic mass is 32.2. The highest BCUT2D eigenvalue weighted by molar-refractivity contribution is 7.89. The van der Waals surface area contributed by atoms with Crippen LogP contribution in [0, 0.1) is 5.92 Å². The predicted octanol–water partition coefficient (Wildman–Crippen LogP) is 1.64. The predicted molar refractivity (Wildman–Crippen MR) is 110 cm³/mol. The molecule has 1 saturated heterocycles. The number of nitrogens with one attached hydrogen (secondary N) is 3. The number of hydrogen-bond acceptors (Lipinski definition) is 6. The van der Waals surface area contributed by atoms with Crippen LogP contribution in [0.1, 0.15) is 23.2 Å². The normalized spacial score (nSPS) is 19.4. The van der Waals surface area contributed by atoms with Gasteiger partial charge in [-0.1, -0.05) is 11.6 Å². The summed E-state index contributed by atoms with van der Waals surface area (Å²) >= 11 is 0. The van der Waals surface area contributed by atoms with Gasteiger partial charge in [-0.25, -0.2) is 18.2 Å². The van der Waals surface area contributed by atoms with Gasteiger partial charge >= 0.3 is 5.97 Å². The molecule has 0 amide bonds. The molecule has 1 atom stereocenters. The van der Waals surface area contributed by atoms with E-state index in [0.717, 1.165) is 12.8 Å². The topological polar surface area (TPSA) is 124 Å². The van der Waals surface area contributed by atoms with Gasteiger partial charge in [-0.05, 0) is 37.0 Å². The van der Waals surface area contributed by atoms with Gasteiger partial charge in [-0.3, -0.25) is 4.79 Å². The number of esters is 1. The first kappa shape index (κ1) is 19.0. The fourth-order valence-corrected chi connectivity index (χ4v) is 5.52. The zero-order chi connectivity index (χ0) is 21.0. The summed E-state index contributed by atoms with van der Waals surface area (Å²) in [5.74, 6) is -0.201. The average molecular weight is 428 g/mol. The molecule has 1 aromatic carbocycles. The number of rotatable bonds is 4. The number of methoxy groups -OCH3 is 1. The third-order valence-corrected chi connectivity index (χ3v) is 7.21. The minimum atomic E-state index is -3.84. The van der Waals surface area contributed by atoms with Crippen LogP contribution in [0.5, 0.6) is 0 Å². The molecule has 2 aromatic heterocycles. The lowest BCUT2D eigenvalue weighted by Gasteiger charge is -2.17. The minimum absolute atomic E-state index is 0.0476. The van der Waals surface area contributed by atoms with Gasteiger partial charge in [-0.2, -0.15) is 0 Å². The van der Waals surface area contributed by atoms with Crippen molar-refractivity contribution in [2.75, 3.05) is 20.2 Å². The molecule has 10 heteroatoms. The molecular formula is C20H20N4O5S. The second-order valence-corrected chi connectivity index (χ2v) is 9.29. The Bertz CT molecular complexity index is 1390. The molecule has 156 valence electrons. The lowest BCUT2D eigenvalue weighted by molar-refractivity contribution is 0.0603. The number of aromatic nitrogens is 2. The van der Waals surface area contributed by atoms with E-state index in [9.17, 15) is 18.0 Å². The van der Waals surface area contributed by atoms with Gasteiger partial charge in [0, 0.05) is 35.6 Å². The van der Waals surface area contributed by atoms with Crippen LogP contribution >= 0.6 is 0 Å². The summed E-state index contributed by atoms with van der Waals surface area (Å²) in [6.07, 6.45) is 5.68. The molecular weight excluding hydrogens is 408 g/mol. The zero-order valence-corrected chi connectivity index (χ0v) is 17.0. The minimum Gasteiger partial charge on any atom is -0.465 e. The van der Waals surface area contributed by atoms with Gasteiger partial charge in [0.05, 0.1) is 17.6 Å². The first-order valence-electron chi connectivity index (χ1n) is 9.59. The van der Waals surface area contributed by atoms with Crippen molar-refractivity contribution in [3.05, 3.63) is 52.0 Å². The first-order valence-corrected chi connectivity index (χ1v) is 11.1. The molecule has 0 spiro atoms. The molecule has 1 unspecified atom stereocenters. The molecule has 5 rings (SSSR count). The quantitative estimate of drug-likeness (QED) is 0.429. The van der Waals surface area contributed by atoms with Gasteiger partial charge in [-0.15, -0.1) is 4.83 Å². The Morgan fingerprint density at radius 2 is 2.17 bits per heavy atom. The Kier molecular flexibility index (Phi) is 4.31. The molecule has 9 nitrogen and oxygen atoms in total.